The highest BCUT2D eigenvalue weighted by atomic mass is 28.3. The maximum Gasteiger partial charge on any atom is 0.304 e. The molecule has 12 rings (SSSR count). The predicted octanol–water partition coefficient (Wildman–Crippen LogP) is 14.8. The number of fused-ring (bicyclic) bond motifs is 15. The quantitative estimate of drug-likeness (QED) is 0.125. The lowest BCUT2D eigenvalue weighted by atomic mass is 9.77. The Morgan fingerprint density at radius 2 is 1.48 bits per heavy atom. The van der Waals surface area contributed by atoms with E-state index in [0.29, 0.717) is 0 Å². The molecular weight excluding hydrogens is 831 g/mol. The van der Waals surface area contributed by atoms with Crippen LogP contribution in [0.2, 0.25) is 19.6 Å². The second kappa shape index (κ2) is 15.9. The molecule has 0 amide bonds. The molecule has 0 bridgehead atoms. The maximum atomic E-state index is 7.17. The van der Waals surface area contributed by atoms with Crippen molar-refractivity contribution in [1.29, 1.82) is 0 Å². The van der Waals surface area contributed by atoms with Gasteiger partial charge in [-0.05, 0) is 77.1 Å². The Bertz CT molecular complexity index is 3420. The van der Waals surface area contributed by atoms with E-state index < -0.39 is 8.07 Å². The lowest BCUT2D eigenvalue weighted by molar-refractivity contribution is -0.716. The first-order valence-corrected chi connectivity index (χ1v) is 28.5. The Morgan fingerprint density at radius 1 is 0.746 bits per heavy atom. The minimum Gasteiger partial charge on any atom is -0.455 e. The fourth-order valence-corrected chi connectivity index (χ4v) is 14.3. The molecule has 9 aromatic rings. The van der Waals surface area contributed by atoms with Gasteiger partial charge in [0.05, 0.1) is 14.5 Å². The van der Waals surface area contributed by atoms with E-state index in [-0.39, 0.29) is 17.4 Å². The second-order valence-corrected chi connectivity index (χ2v) is 27.1. The summed E-state index contributed by atoms with van der Waals surface area (Å²) >= 11 is 0. The molecule has 0 N–H and O–H groups in total. The fourth-order valence-electron chi connectivity index (χ4n) is 12.6. The summed E-state index contributed by atoms with van der Waals surface area (Å²) in [5.41, 5.74) is 18.3. The van der Waals surface area contributed by atoms with Crippen molar-refractivity contribution in [2.45, 2.75) is 109 Å². The summed E-state index contributed by atoms with van der Waals surface area (Å²) in [6, 6.07) is 52.5. The number of imidazole rings is 1. The summed E-state index contributed by atoms with van der Waals surface area (Å²) < 4.78 is 15.1. The fraction of sp³-hybridized carbons (Fsp3) is 0.290. The van der Waals surface area contributed by atoms with Gasteiger partial charge in [0.25, 0.3) is 0 Å². The van der Waals surface area contributed by atoms with Gasteiger partial charge in [-0.15, -0.1) is 0 Å². The average Bonchev–Trinajstić information content (AvgIpc) is 4.07. The average molecular weight is 894 g/mol. The van der Waals surface area contributed by atoms with Crippen molar-refractivity contribution in [3.05, 3.63) is 175 Å². The number of nitrogens with zero attached hydrogens (tertiary/aromatic N) is 3. The highest BCUT2D eigenvalue weighted by molar-refractivity contribution is 6.89. The summed E-state index contributed by atoms with van der Waals surface area (Å²) in [6.45, 7) is 20.0. The van der Waals surface area contributed by atoms with Crippen LogP contribution in [0, 0.1) is 5.92 Å². The molecule has 67 heavy (non-hydrogen) atoms. The van der Waals surface area contributed by atoms with Gasteiger partial charge in [0.15, 0.2) is 28.9 Å². The molecule has 4 nitrogen and oxygen atoms in total. The summed E-state index contributed by atoms with van der Waals surface area (Å²) in [5, 5.41) is 3.91. The van der Waals surface area contributed by atoms with Crippen molar-refractivity contribution in [2.24, 2.45) is 5.92 Å². The van der Waals surface area contributed by atoms with Gasteiger partial charge in [0, 0.05) is 44.6 Å². The summed E-state index contributed by atoms with van der Waals surface area (Å²) in [5.74, 6) is 2.17. The Hall–Kier alpha value is -6.30. The molecule has 2 atom stereocenters. The molecule has 1 fully saturated rings. The minimum absolute atomic E-state index is 0.169. The lowest BCUT2D eigenvalue weighted by Crippen LogP contribution is -2.54. The number of hydrogen-bond donors (Lipinski definition) is 0. The Morgan fingerprint density at radius 3 is 2.28 bits per heavy atom. The van der Waals surface area contributed by atoms with E-state index >= 15 is 0 Å². The molecule has 0 spiro atoms. The first-order valence-electron chi connectivity index (χ1n) is 25.0. The zero-order valence-corrected chi connectivity index (χ0v) is 41.2. The van der Waals surface area contributed by atoms with Gasteiger partial charge >= 0.3 is 5.82 Å². The van der Waals surface area contributed by atoms with E-state index in [2.05, 4.69) is 200 Å². The third-order valence-corrected chi connectivity index (χ3v) is 17.8. The highest BCUT2D eigenvalue weighted by Crippen LogP contribution is 2.48. The Labute approximate surface area is 397 Å². The molecule has 5 heterocycles. The van der Waals surface area contributed by atoms with Crippen molar-refractivity contribution in [3.8, 4) is 39.5 Å². The number of aryl methyl sites for hydroxylation is 1. The van der Waals surface area contributed by atoms with Crippen LogP contribution in [0.3, 0.4) is 0 Å². The molecule has 1 aliphatic carbocycles. The molecule has 0 saturated heterocycles. The number of para-hydroxylation sites is 4. The first-order chi connectivity index (χ1) is 32.4. The molecule has 6 aromatic carbocycles. The van der Waals surface area contributed by atoms with Crippen LogP contribution in [0.15, 0.2) is 157 Å². The van der Waals surface area contributed by atoms with Crippen LogP contribution >= 0.6 is 0 Å². The standard InChI is InChI=1S/C62H63N3OSi/c1-40-36-54-48(46-24-13-14-25-47(46)55-38-44(37-41-20-11-12-21-41)57(39-63(54)55)67(5,6)7)34-32-43-33-35-50-49-26-15-18-31-56(49)66-60(50)58(43)61-64(40)52-29-16-17-30-53(52)65(61)59-45(42-22-9-8-10-23-42)27-19-28-51(59)62(2,3)4/h8-10,13-19,22-31,33,35,38-39,41,48,54H,1,11-12,20-21,32,34,36-37H2,2-7H3/q+2. The number of allylic oxidation sites excluding steroid dienone is 1. The van der Waals surface area contributed by atoms with Gasteiger partial charge in [0.1, 0.15) is 22.5 Å². The maximum absolute atomic E-state index is 7.17. The number of benzene rings is 6. The van der Waals surface area contributed by atoms with Crippen molar-refractivity contribution in [1.82, 2.24) is 4.57 Å². The van der Waals surface area contributed by atoms with Crippen molar-refractivity contribution < 1.29 is 13.6 Å². The minimum atomic E-state index is -1.75. The van der Waals surface area contributed by atoms with E-state index in [4.69, 9.17) is 11.0 Å². The van der Waals surface area contributed by atoms with Gasteiger partial charge in [-0.25, -0.2) is 0 Å². The zero-order valence-electron chi connectivity index (χ0n) is 40.2. The van der Waals surface area contributed by atoms with Crippen LogP contribution in [0.1, 0.15) is 93.5 Å². The van der Waals surface area contributed by atoms with Gasteiger partial charge < -0.3 is 4.42 Å². The molecule has 3 aliphatic rings. The molecular formula is C62H63N3OSi+2. The normalized spacial score (nSPS) is 17.6. The van der Waals surface area contributed by atoms with Gasteiger partial charge in [-0.1, -0.05) is 182 Å². The highest BCUT2D eigenvalue weighted by Gasteiger charge is 2.46. The SMILES string of the molecule is C=C1CC2C(CCc3ccc4c(oc5ccccc54)c3-c3n1c1ccccc1[n+]3-c1c(-c3ccccc3)cccc1C(C)(C)C)c1ccccc1-c1cc(CC3CCCC3)c([Si](C)(C)C)c[n+]12. The largest absolute Gasteiger partial charge is 0.455 e. The second-order valence-electron chi connectivity index (χ2n) is 22.1. The number of furan rings is 1. The van der Waals surface area contributed by atoms with E-state index in [9.17, 15) is 0 Å². The smallest absolute Gasteiger partial charge is 0.304 e. The number of aromatic nitrogens is 3. The van der Waals surface area contributed by atoms with E-state index in [1.165, 1.54) is 76.9 Å². The van der Waals surface area contributed by atoms with E-state index in [1.54, 1.807) is 10.8 Å². The number of pyridine rings is 1. The van der Waals surface area contributed by atoms with Crippen molar-refractivity contribution in [3.63, 3.8) is 0 Å². The van der Waals surface area contributed by atoms with E-state index in [0.717, 1.165) is 75.2 Å². The molecule has 0 radical (unpaired) electrons. The van der Waals surface area contributed by atoms with Crippen molar-refractivity contribution >= 4 is 51.9 Å². The zero-order chi connectivity index (χ0) is 45.8. The topological polar surface area (TPSA) is 25.8 Å². The van der Waals surface area contributed by atoms with E-state index in [1.807, 2.05) is 0 Å². The van der Waals surface area contributed by atoms with Crippen LogP contribution in [0.5, 0.6) is 0 Å². The molecule has 334 valence electrons. The molecule has 5 heteroatoms. The molecule has 3 aromatic heterocycles. The lowest BCUT2D eigenvalue weighted by Gasteiger charge is -2.33. The van der Waals surface area contributed by atoms with Gasteiger partial charge in [-0.3, -0.25) is 0 Å². The van der Waals surface area contributed by atoms with Gasteiger partial charge in [0.2, 0.25) is 5.69 Å². The van der Waals surface area contributed by atoms with Crippen LogP contribution in [-0.4, -0.2) is 12.6 Å². The summed E-state index contributed by atoms with van der Waals surface area (Å²) in [4.78, 5) is 0. The summed E-state index contributed by atoms with van der Waals surface area (Å²) in [6.07, 6.45) is 12.0. The predicted molar refractivity (Wildman–Crippen MR) is 281 cm³/mol. The summed E-state index contributed by atoms with van der Waals surface area (Å²) in [7, 11) is -1.75. The first kappa shape index (κ1) is 42.1. The Kier molecular flexibility index (Phi) is 9.99. The van der Waals surface area contributed by atoms with Crippen LogP contribution < -0.4 is 14.3 Å². The molecule has 2 unspecified atom stereocenters. The Balaban J connectivity index is 1.17. The van der Waals surface area contributed by atoms with Crippen LogP contribution in [-0.2, 0) is 18.3 Å². The van der Waals surface area contributed by atoms with Crippen molar-refractivity contribution in [2.75, 3.05) is 0 Å². The molecule has 2 aliphatic heterocycles. The third kappa shape index (κ3) is 6.90. The number of hydrogen-bond acceptors (Lipinski definition) is 1. The van der Waals surface area contributed by atoms with Crippen LogP contribution in [0.4, 0.5) is 0 Å². The van der Waals surface area contributed by atoms with Crippen LogP contribution in [0.25, 0.3) is 78.1 Å². The monoisotopic (exact) mass is 893 g/mol. The third-order valence-electron chi connectivity index (χ3n) is 15.7. The number of rotatable bonds is 5. The molecule has 1 saturated carbocycles. The van der Waals surface area contributed by atoms with Gasteiger partial charge in [-0.2, -0.15) is 13.7 Å².